The number of carbonyl (C=O) groups is 1. The van der Waals surface area contributed by atoms with Crippen LogP contribution >= 0.6 is 12.4 Å². The van der Waals surface area contributed by atoms with Crippen molar-refractivity contribution in [3.63, 3.8) is 0 Å². The van der Waals surface area contributed by atoms with Gasteiger partial charge >= 0.3 is 0 Å². The minimum absolute atomic E-state index is 0. The van der Waals surface area contributed by atoms with E-state index >= 15 is 0 Å². The Balaban J connectivity index is 0.00000196. The van der Waals surface area contributed by atoms with Gasteiger partial charge in [-0.3, -0.25) is 9.89 Å². The van der Waals surface area contributed by atoms with Gasteiger partial charge in [0.2, 0.25) is 0 Å². The van der Waals surface area contributed by atoms with Crippen molar-refractivity contribution in [3.8, 4) is 11.3 Å². The molecule has 26 heavy (non-hydrogen) atoms. The molecule has 7 heteroatoms. The van der Waals surface area contributed by atoms with Crippen molar-refractivity contribution in [1.82, 2.24) is 15.5 Å². The lowest BCUT2D eigenvalue weighted by Gasteiger charge is -2.45. The third-order valence-corrected chi connectivity index (χ3v) is 5.64. The zero-order valence-corrected chi connectivity index (χ0v) is 15.3. The van der Waals surface area contributed by atoms with Crippen molar-refractivity contribution in [2.45, 2.75) is 44.2 Å². The number of aromatic amines is 1. The summed E-state index contributed by atoms with van der Waals surface area (Å²) in [6, 6.07) is 8.26. The Hall–Kier alpha value is -1.92. The highest BCUT2D eigenvalue weighted by molar-refractivity contribution is 5.93. The topological polar surface area (TPSA) is 83.8 Å². The number of nitrogens with zero attached hydrogens (tertiary/aromatic N) is 1. The zero-order chi connectivity index (χ0) is 17.4. The molecule has 0 radical (unpaired) electrons. The summed E-state index contributed by atoms with van der Waals surface area (Å²) in [5.41, 5.74) is 8.00. The summed E-state index contributed by atoms with van der Waals surface area (Å²) in [5.74, 6) is 0.536. The van der Waals surface area contributed by atoms with Crippen LogP contribution in [-0.4, -0.2) is 28.2 Å². The molecule has 2 aromatic rings. The fourth-order valence-electron chi connectivity index (χ4n) is 4.46. The highest BCUT2D eigenvalue weighted by Crippen LogP contribution is 2.39. The third kappa shape index (κ3) is 3.76. The van der Waals surface area contributed by atoms with Gasteiger partial charge in [-0.05, 0) is 67.9 Å². The first kappa shape index (κ1) is 18.9. The van der Waals surface area contributed by atoms with Crippen molar-refractivity contribution in [3.05, 3.63) is 41.8 Å². The highest BCUT2D eigenvalue weighted by atomic mass is 35.5. The lowest BCUT2D eigenvalue weighted by molar-refractivity contribution is 0.0751. The maximum atomic E-state index is 13.0. The standard InChI is InChI=1S/C19H23FN4O.ClH/c20-14-6-4-11(5-7-14)16-10-17(24-23-16)19(25)22-18-12-2-1-3-13(18)9-15(21)8-12;/h4-7,10,12-13,15,18H,1-3,8-9,21H2,(H,22,25)(H,23,24);1H. The lowest BCUT2D eigenvalue weighted by Crippen LogP contribution is -2.53. The summed E-state index contributed by atoms with van der Waals surface area (Å²) < 4.78 is 13.0. The minimum atomic E-state index is -0.292. The highest BCUT2D eigenvalue weighted by Gasteiger charge is 2.40. The molecular formula is C19H24ClFN4O. The number of hydrogen-bond acceptors (Lipinski definition) is 3. The van der Waals surface area contributed by atoms with Gasteiger partial charge in [-0.25, -0.2) is 4.39 Å². The number of rotatable bonds is 3. The summed E-state index contributed by atoms with van der Waals surface area (Å²) >= 11 is 0. The third-order valence-electron chi connectivity index (χ3n) is 5.64. The van der Waals surface area contributed by atoms with Crippen LogP contribution in [0.1, 0.15) is 42.6 Å². The van der Waals surface area contributed by atoms with E-state index in [0.29, 0.717) is 23.2 Å². The van der Waals surface area contributed by atoms with Crippen LogP contribution in [0.25, 0.3) is 11.3 Å². The molecule has 2 saturated carbocycles. The average molecular weight is 379 g/mol. The van der Waals surface area contributed by atoms with Crippen LogP contribution in [0, 0.1) is 17.7 Å². The van der Waals surface area contributed by atoms with Crippen LogP contribution in [-0.2, 0) is 0 Å². The molecular weight excluding hydrogens is 355 g/mol. The van der Waals surface area contributed by atoms with Crippen molar-refractivity contribution in [2.75, 3.05) is 0 Å². The number of amides is 1. The molecule has 1 heterocycles. The van der Waals surface area contributed by atoms with E-state index in [4.69, 9.17) is 5.73 Å². The molecule has 4 rings (SSSR count). The number of halogens is 2. The smallest absolute Gasteiger partial charge is 0.269 e. The molecule has 1 amide bonds. The summed E-state index contributed by atoms with van der Waals surface area (Å²) in [6.45, 7) is 0. The number of hydrogen-bond donors (Lipinski definition) is 3. The van der Waals surface area contributed by atoms with Crippen molar-refractivity contribution in [2.24, 2.45) is 17.6 Å². The molecule has 5 nitrogen and oxygen atoms in total. The van der Waals surface area contributed by atoms with Gasteiger partial charge in [0.25, 0.3) is 5.91 Å². The molecule has 4 N–H and O–H groups in total. The second-order valence-corrected chi connectivity index (χ2v) is 7.36. The Morgan fingerprint density at radius 2 is 1.85 bits per heavy atom. The van der Waals surface area contributed by atoms with E-state index in [0.717, 1.165) is 31.2 Å². The van der Waals surface area contributed by atoms with Gasteiger partial charge in [-0.15, -0.1) is 12.4 Å². The number of nitrogens with two attached hydrogens (primary N) is 1. The Bertz CT molecular complexity index is 749. The largest absolute Gasteiger partial charge is 0.347 e. The maximum Gasteiger partial charge on any atom is 0.269 e. The van der Waals surface area contributed by atoms with Gasteiger partial charge in [0.1, 0.15) is 11.5 Å². The monoisotopic (exact) mass is 378 g/mol. The molecule has 0 saturated heterocycles. The summed E-state index contributed by atoms with van der Waals surface area (Å²) in [4.78, 5) is 12.7. The van der Waals surface area contributed by atoms with Gasteiger partial charge in [0.15, 0.2) is 0 Å². The zero-order valence-electron chi connectivity index (χ0n) is 14.5. The first-order chi connectivity index (χ1) is 12.1. The van der Waals surface area contributed by atoms with E-state index in [2.05, 4.69) is 15.5 Å². The van der Waals surface area contributed by atoms with E-state index in [9.17, 15) is 9.18 Å². The number of fused-ring (bicyclic) bond motifs is 2. The summed E-state index contributed by atoms with van der Waals surface area (Å²) in [6.07, 6.45) is 5.49. The van der Waals surface area contributed by atoms with Crippen molar-refractivity contribution in [1.29, 1.82) is 0 Å². The van der Waals surface area contributed by atoms with Crippen LogP contribution in [0.5, 0.6) is 0 Å². The fraction of sp³-hybridized carbons (Fsp3) is 0.474. The van der Waals surface area contributed by atoms with Gasteiger partial charge < -0.3 is 11.1 Å². The quantitative estimate of drug-likeness (QED) is 0.766. The predicted molar refractivity (Wildman–Crippen MR) is 101 cm³/mol. The SMILES string of the molecule is Cl.NC1CC2CCCC(C1)C2NC(=O)c1cc(-c2ccc(F)cc2)n[nH]1. The minimum Gasteiger partial charge on any atom is -0.347 e. The fourth-order valence-corrected chi connectivity index (χ4v) is 4.46. The van der Waals surface area contributed by atoms with Crippen molar-refractivity contribution < 1.29 is 9.18 Å². The van der Waals surface area contributed by atoms with Crippen molar-refractivity contribution >= 4 is 18.3 Å². The molecule has 2 unspecified atom stereocenters. The van der Waals surface area contributed by atoms with Crippen LogP contribution < -0.4 is 11.1 Å². The summed E-state index contributed by atoms with van der Waals surface area (Å²) in [5, 5.41) is 10.2. The Morgan fingerprint density at radius 1 is 1.19 bits per heavy atom. The lowest BCUT2D eigenvalue weighted by atomic mass is 9.67. The first-order valence-electron chi connectivity index (χ1n) is 8.98. The first-order valence-corrected chi connectivity index (χ1v) is 8.98. The van der Waals surface area contributed by atoms with Crippen LogP contribution in [0.2, 0.25) is 0 Å². The molecule has 0 spiro atoms. The van der Waals surface area contributed by atoms with Gasteiger partial charge in [-0.1, -0.05) is 6.42 Å². The van der Waals surface area contributed by atoms with Crippen LogP contribution in [0.15, 0.2) is 30.3 Å². The maximum absolute atomic E-state index is 13.0. The predicted octanol–water partition coefficient (Wildman–Crippen LogP) is 3.27. The molecule has 0 aliphatic heterocycles. The molecule has 2 bridgehead atoms. The number of benzene rings is 1. The number of H-pyrrole nitrogens is 1. The van der Waals surface area contributed by atoms with Gasteiger partial charge in [-0.2, -0.15) is 5.10 Å². The van der Waals surface area contributed by atoms with Gasteiger partial charge in [0, 0.05) is 17.6 Å². The number of aromatic nitrogens is 2. The van der Waals surface area contributed by atoms with E-state index in [-0.39, 0.29) is 36.2 Å². The Morgan fingerprint density at radius 3 is 2.50 bits per heavy atom. The molecule has 2 aliphatic carbocycles. The molecule has 140 valence electrons. The van der Waals surface area contributed by atoms with E-state index in [1.807, 2.05) is 0 Å². The van der Waals surface area contributed by atoms with E-state index in [1.54, 1.807) is 18.2 Å². The van der Waals surface area contributed by atoms with E-state index in [1.165, 1.54) is 18.6 Å². The van der Waals surface area contributed by atoms with Crippen LogP contribution in [0.4, 0.5) is 4.39 Å². The van der Waals surface area contributed by atoms with E-state index < -0.39 is 0 Å². The molecule has 1 aromatic carbocycles. The average Bonchev–Trinajstić information content (AvgIpc) is 3.06. The molecule has 1 aromatic heterocycles. The summed E-state index contributed by atoms with van der Waals surface area (Å²) in [7, 11) is 0. The Labute approximate surface area is 158 Å². The molecule has 2 atom stereocenters. The number of carbonyl (C=O) groups excluding carboxylic acids is 1. The normalized spacial score (nSPS) is 27.5. The van der Waals surface area contributed by atoms with Gasteiger partial charge in [0.05, 0.1) is 5.69 Å². The number of nitrogens with one attached hydrogen (secondary N) is 2. The van der Waals surface area contributed by atoms with Crippen LogP contribution in [0.3, 0.4) is 0 Å². The second-order valence-electron chi connectivity index (χ2n) is 7.36. The molecule has 2 fully saturated rings. The molecule has 2 aliphatic rings. The Kier molecular flexibility index (Phi) is 5.63. The second kappa shape index (κ2) is 7.76.